The maximum Gasteiger partial charge on any atom is 0.243 e. The number of likely N-dealkylation sites (N-methyl/N-ethyl adjacent to an activating group) is 1. The van der Waals surface area contributed by atoms with E-state index in [1.165, 1.54) is 22.5 Å². The molecule has 1 aromatic rings. The van der Waals surface area contributed by atoms with Crippen molar-refractivity contribution in [2.75, 3.05) is 46.8 Å². The molecule has 1 aromatic carbocycles. The lowest BCUT2D eigenvalue weighted by atomic mass is 10.3. The Morgan fingerprint density at radius 1 is 1.08 bits per heavy atom. The topological polar surface area (TPSA) is 121 Å². The van der Waals surface area contributed by atoms with Gasteiger partial charge in [0.05, 0.1) is 16.3 Å². The molecule has 1 saturated heterocycles. The summed E-state index contributed by atoms with van der Waals surface area (Å²) in [7, 11) is -4.26. The SMILES string of the molecule is CN(C)CC(=O)N1CCN(S(=O)(=O)c2cccc(S(N)(=O)=O)c2)CC1. The molecule has 1 amide bonds. The van der Waals surface area contributed by atoms with Crippen LogP contribution in [0.25, 0.3) is 0 Å². The van der Waals surface area contributed by atoms with Crippen LogP contribution in [-0.2, 0) is 24.8 Å². The van der Waals surface area contributed by atoms with E-state index in [0.29, 0.717) is 13.1 Å². The van der Waals surface area contributed by atoms with Crippen LogP contribution in [0.3, 0.4) is 0 Å². The molecular weight excluding hydrogens is 368 g/mol. The molecule has 0 atom stereocenters. The number of benzene rings is 1. The smallest absolute Gasteiger partial charge is 0.243 e. The van der Waals surface area contributed by atoms with Crippen LogP contribution < -0.4 is 5.14 Å². The largest absolute Gasteiger partial charge is 0.339 e. The number of primary sulfonamides is 1. The van der Waals surface area contributed by atoms with Crippen LogP contribution in [0.2, 0.25) is 0 Å². The fraction of sp³-hybridized carbons (Fsp3) is 0.500. The molecule has 0 aliphatic carbocycles. The van der Waals surface area contributed by atoms with E-state index in [-0.39, 0.29) is 35.3 Å². The van der Waals surface area contributed by atoms with Gasteiger partial charge in [-0.2, -0.15) is 4.31 Å². The van der Waals surface area contributed by atoms with E-state index < -0.39 is 20.0 Å². The van der Waals surface area contributed by atoms with Crippen molar-refractivity contribution in [2.24, 2.45) is 5.14 Å². The summed E-state index contributed by atoms with van der Waals surface area (Å²) < 4.78 is 49.5. The first kappa shape index (κ1) is 19.8. The van der Waals surface area contributed by atoms with Gasteiger partial charge in [0.25, 0.3) is 0 Å². The highest BCUT2D eigenvalue weighted by Gasteiger charge is 2.30. The minimum absolute atomic E-state index is 0.0572. The van der Waals surface area contributed by atoms with Crippen LogP contribution in [-0.4, -0.2) is 83.7 Å². The maximum atomic E-state index is 12.7. The van der Waals surface area contributed by atoms with Crippen molar-refractivity contribution in [3.05, 3.63) is 24.3 Å². The van der Waals surface area contributed by atoms with Gasteiger partial charge in [-0.1, -0.05) is 6.07 Å². The first-order chi connectivity index (χ1) is 11.5. The summed E-state index contributed by atoms with van der Waals surface area (Å²) >= 11 is 0. The second-order valence-electron chi connectivity index (χ2n) is 6.04. The Morgan fingerprint density at radius 2 is 1.64 bits per heavy atom. The number of nitrogens with two attached hydrogens (primary N) is 1. The van der Waals surface area contributed by atoms with Gasteiger partial charge in [0.2, 0.25) is 26.0 Å². The number of nitrogens with zero attached hydrogens (tertiary/aromatic N) is 3. The monoisotopic (exact) mass is 390 g/mol. The summed E-state index contributed by atoms with van der Waals surface area (Å²) in [5.74, 6) is -0.0572. The third-order valence-electron chi connectivity index (χ3n) is 3.81. The fourth-order valence-electron chi connectivity index (χ4n) is 2.51. The zero-order valence-corrected chi connectivity index (χ0v) is 15.8. The van der Waals surface area contributed by atoms with Crippen LogP contribution in [0, 0.1) is 0 Å². The van der Waals surface area contributed by atoms with Crippen molar-refractivity contribution in [1.82, 2.24) is 14.1 Å². The summed E-state index contributed by atoms with van der Waals surface area (Å²) in [5.41, 5.74) is 0. The van der Waals surface area contributed by atoms with Gasteiger partial charge in [0, 0.05) is 26.2 Å². The van der Waals surface area contributed by atoms with Gasteiger partial charge in [-0.15, -0.1) is 0 Å². The van der Waals surface area contributed by atoms with Gasteiger partial charge < -0.3 is 9.80 Å². The molecule has 1 heterocycles. The zero-order valence-electron chi connectivity index (χ0n) is 14.1. The van der Waals surface area contributed by atoms with E-state index in [0.717, 1.165) is 6.07 Å². The second kappa shape index (κ2) is 7.38. The molecule has 0 radical (unpaired) electrons. The van der Waals surface area contributed by atoms with E-state index in [9.17, 15) is 21.6 Å². The lowest BCUT2D eigenvalue weighted by Crippen LogP contribution is -2.52. The van der Waals surface area contributed by atoms with Crippen molar-refractivity contribution in [3.63, 3.8) is 0 Å². The molecule has 11 heteroatoms. The number of sulfonamides is 2. The molecular formula is C14H22N4O5S2. The summed E-state index contributed by atoms with van der Waals surface area (Å²) in [4.78, 5) is 15.0. The Bertz CT molecular complexity index is 844. The molecule has 25 heavy (non-hydrogen) atoms. The molecule has 0 aromatic heterocycles. The first-order valence-electron chi connectivity index (χ1n) is 7.57. The van der Waals surface area contributed by atoms with Crippen molar-refractivity contribution in [2.45, 2.75) is 9.79 Å². The minimum Gasteiger partial charge on any atom is -0.339 e. The summed E-state index contributed by atoms with van der Waals surface area (Å²) in [5, 5.41) is 5.05. The minimum atomic E-state index is -3.99. The third kappa shape index (κ3) is 4.76. The highest BCUT2D eigenvalue weighted by Crippen LogP contribution is 2.20. The molecule has 2 N–H and O–H groups in total. The van der Waals surface area contributed by atoms with Crippen LogP contribution in [0.15, 0.2) is 34.1 Å². The molecule has 9 nitrogen and oxygen atoms in total. The second-order valence-corrected chi connectivity index (χ2v) is 9.54. The molecule has 0 unspecified atom stereocenters. The first-order valence-corrected chi connectivity index (χ1v) is 10.6. The fourth-order valence-corrected chi connectivity index (χ4v) is 4.61. The highest BCUT2D eigenvalue weighted by atomic mass is 32.2. The predicted molar refractivity (Wildman–Crippen MR) is 91.7 cm³/mol. The summed E-state index contributed by atoms with van der Waals surface area (Å²) in [6.07, 6.45) is 0. The molecule has 2 rings (SSSR count). The Hall–Kier alpha value is -1.53. The normalized spacial score (nSPS) is 17.0. The number of amides is 1. The van der Waals surface area contributed by atoms with Gasteiger partial charge >= 0.3 is 0 Å². The Balaban J connectivity index is 2.14. The van der Waals surface area contributed by atoms with Crippen molar-refractivity contribution < 1.29 is 21.6 Å². The predicted octanol–water partition coefficient (Wildman–Crippen LogP) is -1.27. The number of carbonyl (C=O) groups is 1. The van der Waals surface area contributed by atoms with Crippen LogP contribution in [0.5, 0.6) is 0 Å². The van der Waals surface area contributed by atoms with Crippen molar-refractivity contribution in [3.8, 4) is 0 Å². The van der Waals surface area contributed by atoms with E-state index in [4.69, 9.17) is 5.14 Å². The number of carbonyl (C=O) groups excluding carboxylic acids is 1. The number of rotatable bonds is 5. The van der Waals surface area contributed by atoms with E-state index in [1.807, 2.05) is 0 Å². The highest BCUT2D eigenvalue weighted by molar-refractivity contribution is 7.90. The standard InChI is InChI=1S/C14H22N4O5S2/c1-16(2)11-14(19)17-6-8-18(9-7-17)25(22,23)13-5-3-4-12(10-13)24(15,20)21/h3-5,10H,6-9,11H2,1-2H3,(H2,15,20,21). The van der Waals surface area contributed by atoms with Crippen molar-refractivity contribution in [1.29, 1.82) is 0 Å². The van der Waals surface area contributed by atoms with Gasteiger partial charge in [0.1, 0.15) is 0 Å². The van der Waals surface area contributed by atoms with Crippen LogP contribution >= 0.6 is 0 Å². The molecule has 1 aliphatic heterocycles. The Morgan fingerprint density at radius 3 is 2.16 bits per heavy atom. The average Bonchev–Trinajstić information content (AvgIpc) is 2.53. The zero-order chi connectivity index (χ0) is 18.8. The lowest BCUT2D eigenvalue weighted by Gasteiger charge is -2.34. The molecule has 0 spiro atoms. The number of piperazine rings is 1. The van der Waals surface area contributed by atoms with Crippen LogP contribution in [0.1, 0.15) is 0 Å². The lowest BCUT2D eigenvalue weighted by molar-refractivity contribution is -0.133. The van der Waals surface area contributed by atoms with Gasteiger partial charge in [-0.05, 0) is 32.3 Å². The third-order valence-corrected chi connectivity index (χ3v) is 6.62. The Kier molecular flexibility index (Phi) is 5.84. The van der Waals surface area contributed by atoms with Crippen LogP contribution in [0.4, 0.5) is 0 Å². The molecule has 1 aliphatic rings. The summed E-state index contributed by atoms with van der Waals surface area (Å²) in [6.45, 7) is 1.16. The van der Waals surface area contributed by atoms with Gasteiger partial charge in [-0.3, -0.25) is 4.79 Å². The molecule has 1 fully saturated rings. The van der Waals surface area contributed by atoms with E-state index >= 15 is 0 Å². The quantitative estimate of drug-likeness (QED) is 0.669. The average molecular weight is 390 g/mol. The van der Waals surface area contributed by atoms with E-state index in [2.05, 4.69) is 0 Å². The van der Waals surface area contributed by atoms with E-state index in [1.54, 1.807) is 23.9 Å². The number of hydrogen-bond donors (Lipinski definition) is 1. The Labute approximate surface area is 148 Å². The molecule has 0 saturated carbocycles. The maximum absolute atomic E-state index is 12.7. The molecule has 0 bridgehead atoms. The van der Waals surface area contributed by atoms with Gasteiger partial charge in [0.15, 0.2) is 0 Å². The summed E-state index contributed by atoms with van der Waals surface area (Å²) in [6, 6.07) is 4.96. The van der Waals surface area contributed by atoms with Crippen molar-refractivity contribution >= 4 is 26.0 Å². The number of hydrogen-bond acceptors (Lipinski definition) is 6. The molecule has 140 valence electrons. The van der Waals surface area contributed by atoms with Gasteiger partial charge in [-0.25, -0.2) is 22.0 Å².